The summed E-state index contributed by atoms with van der Waals surface area (Å²) in [7, 11) is 1.62. The van der Waals surface area contributed by atoms with E-state index in [4.69, 9.17) is 21.1 Å². The highest BCUT2D eigenvalue weighted by Crippen LogP contribution is 2.15. The SMILES string of the molecule is CCc1c(OCC(=O)NCc2ccccc2Cl)c(=O)ccn1CCOC. The second-order valence-electron chi connectivity index (χ2n) is 5.65. The Hall–Kier alpha value is -2.31. The van der Waals surface area contributed by atoms with Crippen LogP contribution in [0.4, 0.5) is 0 Å². The number of rotatable bonds is 9. The predicted molar refractivity (Wildman–Crippen MR) is 101 cm³/mol. The highest BCUT2D eigenvalue weighted by atomic mass is 35.5. The van der Waals surface area contributed by atoms with Crippen molar-refractivity contribution in [1.29, 1.82) is 0 Å². The molecule has 0 unspecified atom stereocenters. The van der Waals surface area contributed by atoms with E-state index in [-0.39, 0.29) is 23.7 Å². The normalized spacial score (nSPS) is 10.6. The maximum atomic E-state index is 12.1. The van der Waals surface area contributed by atoms with Gasteiger partial charge in [-0.3, -0.25) is 9.59 Å². The number of carbonyl (C=O) groups is 1. The third kappa shape index (κ3) is 5.34. The van der Waals surface area contributed by atoms with Gasteiger partial charge in [-0.2, -0.15) is 0 Å². The van der Waals surface area contributed by atoms with Gasteiger partial charge in [0.2, 0.25) is 5.43 Å². The second kappa shape index (κ2) is 9.99. The Balaban J connectivity index is 2.00. The van der Waals surface area contributed by atoms with E-state index in [1.54, 1.807) is 19.4 Å². The van der Waals surface area contributed by atoms with Gasteiger partial charge in [-0.25, -0.2) is 0 Å². The zero-order chi connectivity index (χ0) is 18.9. The Kier molecular flexibility index (Phi) is 7.69. The van der Waals surface area contributed by atoms with Crippen LogP contribution in [-0.2, 0) is 29.0 Å². The third-order valence-electron chi connectivity index (χ3n) is 3.89. The minimum Gasteiger partial charge on any atom is -0.478 e. The number of hydrogen-bond donors (Lipinski definition) is 1. The van der Waals surface area contributed by atoms with Gasteiger partial charge in [-0.1, -0.05) is 36.7 Å². The van der Waals surface area contributed by atoms with Gasteiger partial charge in [-0.05, 0) is 18.1 Å². The number of pyridine rings is 1. The minimum absolute atomic E-state index is 0.207. The summed E-state index contributed by atoms with van der Waals surface area (Å²) in [5.74, 6) is -0.113. The second-order valence-corrected chi connectivity index (χ2v) is 6.06. The molecule has 26 heavy (non-hydrogen) atoms. The maximum Gasteiger partial charge on any atom is 0.258 e. The Bertz CT molecular complexity index is 804. The first-order valence-electron chi connectivity index (χ1n) is 8.41. The van der Waals surface area contributed by atoms with E-state index in [1.807, 2.05) is 29.7 Å². The van der Waals surface area contributed by atoms with Crippen LogP contribution in [0.15, 0.2) is 41.3 Å². The Morgan fingerprint density at radius 1 is 1.27 bits per heavy atom. The molecule has 0 saturated carbocycles. The predicted octanol–water partition coefficient (Wildman–Crippen LogP) is 2.41. The Morgan fingerprint density at radius 3 is 2.73 bits per heavy atom. The molecule has 2 rings (SSSR count). The molecule has 0 bridgehead atoms. The average Bonchev–Trinajstić information content (AvgIpc) is 2.65. The van der Waals surface area contributed by atoms with Crippen molar-refractivity contribution in [1.82, 2.24) is 9.88 Å². The topological polar surface area (TPSA) is 69.6 Å². The van der Waals surface area contributed by atoms with Crippen molar-refractivity contribution in [2.24, 2.45) is 0 Å². The summed E-state index contributed by atoms with van der Waals surface area (Å²) >= 11 is 6.06. The van der Waals surface area contributed by atoms with Gasteiger partial charge in [0, 0.05) is 37.5 Å². The van der Waals surface area contributed by atoms with Crippen molar-refractivity contribution in [3.63, 3.8) is 0 Å². The van der Waals surface area contributed by atoms with Crippen molar-refractivity contribution in [3.05, 3.63) is 63.0 Å². The van der Waals surface area contributed by atoms with Crippen molar-refractivity contribution in [2.45, 2.75) is 26.4 Å². The van der Waals surface area contributed by atoms with E-state index in [9.17, 15) is 9.59 Å². The van der Waals surface area contributed by atoms with E-state index in [0.29, 0.717) is 31.1 Å². The van der Waals surface area contributed by atoms with E-state index in [0.717, 1.165) is 11.3 Å². The first kappa shape index (κ1) is 20.0. The molecule has 0 atom stereocenters. The lowest BCUT2D eigenvalue weighted by molar-refractivity contribution is -0.123. The van der Waals surface area contributed by atoms with Crippen LogP contribution in [0.5, 0.6) is 5.75 Å². The van der Waals surface area contributed by atoms with E-state index in [2.05, 4.69) is 5.32 Å². The number of nitrogens with one attached hydrogen (secondary N) is 1. The van der Waals surface area contributed by atoms with Gasteiger partial charge in [0.05, 0.1) is 12.3 Å². The van der Waals surface area contributed by atoms with Crippen LogP contribution in [0.25, 0.3) is 0 Å². The molecule has 0 aliphatic rings. The highest BCUT2D eigenvalue weighted by molar-refractivity contribution is 6.31. The number of aromatic nitrogens is 1. The van der Waals surface area contributed by atoms with Crippen molar-refractivity contribution in [3.8, 4) is 5.75 Å². The standard InChI is InChI=1S/C19H23ClN2O4/c1-3-16-19(17(23)8-9-22(16)10-11-25-2)26-13-18(24)21-12-14-6-4-5-7-15(14)20/h4-9H,3,10-13H2,1-2H3,(H,21,24). The first-order chi connectivity index (χ1) is 12.6. The van der Waals surface area contributed by atoms with Gasteiger partial charge in [0.15, 0.2) is 12.4 Å². The lowest BCUT2D eigenvalue weighted by Crippen LogP contribution is -2.30. The van der Waals surface area contributed by atoms with E-state index >= 15 is 0 Å². The number of benzene rings is 1. The molecular weight excluding hydrogens is 356 g/mol. The van der Waals surface area contributed by atoms with Crippen LogP contribution in [0.1, 0.15) is 18.2 Å². The number of amides is 1. The van der Waals surface area contributed by atoms with Crippen LogP contribution in [0.3, 0.4) is 0 Å². The fraction of sp³-hybridized carbons (Fsp3) is 0.368. The van der Waals surface area contributed by atoms with Gasteiger partial charge < -0.3 is 19.4 Å². The minimum atomic E-state index is -0.321. The molecule has 140 valence electrons. The zero-order valence-corrected chi connectivity index (χ0v) is 15.7. The molecule has 2 aromatic rings. The number of methoxy groups -OCH3 is 1. The van der Waals surface area contributed by atoms with Crippen LogP contribution in [-0.4, -0.2) is 30.8 Å². The molecule has 0 saturated heterocycles. The molecule has 0 aliphatic heterocycles. The third-order valence-corrected chi connectivity index (χ3v) is 4.26. The summed E-state index contributed by atoms with van der Waals surface area (Å²) in [6, 6.07) is 8.71. The summed E-state index contributed by atoms with van der Waals surface area (Å²) in [5.41, 5.74) is 1.32. The highest BCUT2D eigenvalue weighted by Gasteiger charge is 2.13. The molecular formula is C19H23ClN2O4. The van der Waals surface area contributed by atoms with Crippen LogP contribution in [0.2, 0.25) is 5.02 Å². The summed E-state index contributed by atoms with van der Waals surface area (Å²) < 4.78 is 12.5. The van der Waals surface area contributed by atoms with Gasteiger partial charge in [0.25, 0.3) is 5.91 Å². The van der Waals surface area contributed by atoms with Crippen molar-refractivity contribution in [2.75, 3.05) is 20.3 Å². The molecule has 1 N–H and O–H groups in total. The molecule has 0 radical (unpaired) electrons. The molecule has 0 fully saturated rings. The number of carbonyl (C=O) groups excluding carboxylic acids is 1. The van der Waals surface area contributed by atoms with Crippen LogP contribution in [0, 0.1) is 0 Å². The molecule has 1 aromatic carbocycles. The summed E-state index contributed by atoms with van der Waals surface area (Å²) in [6.45, 7) is 3.13. The summed E-state index contributed by atoms with van der Waals surface area (Å²) in [6.07, 6.45) is 2.32. The van der Waals surface area contributed by atoms with E-state index < -0.39 is 0 Å². The molecule has 1 heterocycles. The monoisotopic (exact) mass is 378 g/mol. The van der Waals surface area contributed by atoms with Crippen molar-refractivity contribution >= 4 is 17.5 Å². The summed E-state index contributed by atoms with van der Waals surface area (Å²) in [5, 5.41) is 3.33. The molecule has 0 aliphatic carbocycles. The van der Waals surface area contributed by atoms with Crippen LogP contribution >= 0.6 is 11.6 Å². The number of ether oxygens (including phenoxy) is 2. The zero-order valence-electron chi connectivity index (χ0n) is 15.0. The lowest BCUT2D eigenvalue weighted by atomic mass is 10.2. The molecule has 1 aromatic heterocycles. The first-order valence-corrected chi connectivity index (χ1v) is 8.78. The quantitative estimate of drug-likeness (QED) is 0.727. The lowest BCUT2D eigenvalue weighted by Gasteiger charge is -2.16. The van der Waals surface area contributed by atoms with Crippen LogP contribution < -0.4 is 15.5 Å². The van der Waals surface area contributed by atoms with Gasteiger partial charge in [-0.15, -0.1) is 0 Å². The van der Waals surface area contributed by atoms with Gasteiger partial charge >= 0.3 is 0 Å². The van der Waals surface area contributed by atoms with E-state index in [1.165, 1.54) is 6.07 Å². The molecule has 1 amide bonds. The Morgan fingerprint density at radius 2 is 2.04 bits per heavy atom. The molecule has 0 spiro atoms. The number of nitrogens with zero attached hydrogens (tertiary/aromatic N) is 1. The van der Waals surface area contributed by atoms with Gasteiger partial charge in [0.1, 0.15) is 0 Å². The molecule has 6 nitrogen and oxygen atoms in total. The smallest absolute Gasteiger partial charge is 0.258 e. The summed E-state index contributed by atoms with van der Waals surface area (Å²) in [4.78, 5) is 24.2. The largest absolute Gasteiger partial charge is 0.478 e. The molecule has 7 heteroatoms. The van der Waals surface area contributed by atoms with Crippen molar-refractivity contribution < 1.29 is 14.3 Å². The fourth-order valence-electron chi connectivity index (χ4n) is 2.54. The number of hydrogen-bond acceptors (Lipinski definition) is 4. The Labute approximate surface area is 157 Å². The maximum absolute atomic E-state index is 12.1. The fourth-order valence-corrected chi connectivity index (χ4v) is 2.74. The average molecular weight is 379 g/mol. The number of halogens is 1.